The quantitative estimate of drug-likeness (QED) is 0.918. The van der Waals surface area contributed by atoms with E-state index < -0.39 is 0 Å². The van der Waals surface area contributed by atoms with E-state index in [1.54, 1.807) is 0 Å². The minimum atomic E-state index is 0.587. The van der Waals surface area contributed by atoms with Crippen molar-refractivity contribution in [1.82, 2.24) is 4.90 Å². The van der Waals surface area contributed by atoms with E-state index in [4.69, 9.17) is 11.6 Å². The van der Waals surface area contributed by atoms with Crippen LogP contribution in [-0.4, -0.2) is 44.7 Å². The van der Waals surface area contributed by atoms with Gasteiger partial charge in [-0.25, -0.2) is 0 Å². The van der Waals surface area contributed by atoms with E-state index in [2.05, 4.69) is 28.4 Å². The Bertz CT molecular complexity index is 453. The third-order valence-electron chi connectivity index (χ3n) is 4.44. The van der Waals surface area contributed by atoms with E-state index in [-0.39, 0.29) is 0 Å². The van der Waals surface area contributed by atoms with Crippen LogP contribution >= 0.6 is 11.6 Å². The minimum Gasteiger partial charge on any atom is -0.381 e. The molecule has 0 spiro atoms. The molecule has 0 radical (unpaired) electrons. The molecule has 3 nitrogen and oxygen atoms in total. The summed E-state index contributed by atoms with van der Waals surface area (Å²) in [4.78, 5) is 4.61. The Morgan fingerprint density at radius 3 is 2.53 bits per heavy atom. The standard InChI is InChI=1S/C15H22ClN3/c1-18(2)15-4-3-12(9-13(15)16)17-14-10-19-7-5-11(14)6-8-19/h3-4,9,11,14,17H,5-8,10H2,1-2H3. The van der Waals surface area contributed by atoms with Crippen molar-refractivity contribution in [3.05, 3.63) is 23.2 Å². The zero-order chi connectivity index (χ0) is 13.4. The molecule has 0 amide bonds. The van der Waals surface area contributed by atoms with Gasteiger partial charge in [0.05, 0.1) is 10.7 Å². The van der Waals surface area contributed by atoms with Gasteiger partial charge in [0.25, 0.3) is 0 Å². The molecule has 1 aromatic rings. The molecule has 4 rings (SSSR count). The molecule has 3 heterocycles. The van der Waals surface area contributed by atoms with E-state index in [1.165, 1.54) is 32.5 Å². The van der Waals surface area contributed by atoms with E-state index in [1.807, 2.05) is 19.0 Å². The molecule has 104 valence electrons. The Morgan fingerprint density at radius 2 is 2.00 bits per heavy atom. The number of fused-ring (bicyclic) bond motifs is 3. The molecule has 2 bridgehead atoms. The summed E-state index contributed by atoms with van der Waals surface area (Å²) in [7, 11) is 4.03. The van der Waals surface area contributed by atoms with E-state index in [0.717, 1.165) is 22.3 Å². The van der Waals surface area contributed by atoms with Gasteiger partial charge in [0.1, 0.15) is 0 Å². The molecule has 0 aliphatic carbocycles. The number of nitrogens with zero attached hydrogens (tertiary/aromatic N) is 2. The molecule has 0 aromatic heterocycles. The first-order valence-corrected chi connectivity index (χ1v) is 7.47. The number of piperidine rings is 3. The summed E-state index contributed by atoms with van der Waals surface area (Å²) in [6.07, 6.45) is 2.67. The summed E-state index contributed by atoms with van der Waals surface area (Å²) in [6.45, 7) is 3.74. The first-order valence-electron chi connectivity index (χ1n) is 7.09. The first-order chi connectivity index (χ1) is 9.13. The Hall–Kier alpha value is -0.930. The second-order valence-electron chi connectivity index (χ2n) is 5.95. The van der Waals surface area contributed by atoms with Crippen LogP contribution in [0.3, 0.4) is 0 Å². The average Bonchev–Trinajstić information content (AvgIpc) is 2.39. The van der Waals surface area contributed by atoms with Gasteiger partial charge in [-0.05, 0) is 50.0 Å². The summed E-state index contributed by atoms with van der Waals surface area (Å²) in [5, 5.41) is 4.49. The zero-order valence-electron chi connectivity index (χ0n) is 11.7. The number of anilines is 2. The van der Waals surface area contributed by atoms with E-state index in [0.29, 0.717) is 6.04 Å². The lowest BCUT2D eigenvalue weighted by Gasteiger charge is -2.45. The van der Waals surface area contributed by atoms with Crippen LogP contribution in [0.5, 0.6) is 0 Å². The summed E-state index contributed by atoms with van der Waals surface area (Å²) in [5.74, 6) is 0.831. The zero-order valence-corrected chi connectivity index (χ0v) is 12.5. The number of rotatable bonds is 3. The summed E-state index contributed by atoms with van der Waals surface area (Å²) < 4.78 is 0. The lowest BCUT2D eigenvalue weighted by atomic mass is 9.84. The van der Waals surface area contributed by atoms with Crippen LogP contribution in [0.2, 0.25) is 5.02 Å². The molecule has 1 aromatic carbocycles. The number of nitrogens with one attached hydrogen (secondary N) is 1. The second kappa shape index (κ2) is 5.22. The van der Waals surface area contributed by atoms with Gasteiger partial charge in [-0.2, -0.15) is 0 Å². The maximum absolute atomic E-state index is 6.33. The van der Waals surface area contributed by atoms with E-state index >= 15 is 0 Å². The summed E-state index contributed by atoms with van der Waals surface area (Å²) in [6, 6.07) is 6.86. The first kappa shape index (κ1) is 13.1. The second-order valence-corrected chi connectivity index (χ2v) is 6.36. The van der Waals surface area contributed by atoms with Crippen LogP contribution in [0.1, 0.15) is 12.8 Å². The molecule has 3 saturated heterocycles. The Kier molecular flexibility index (Phi) is 3.59. The van der Waals surface area contributed by atoms with Gasteiger partial charge in [-0.3, -0.25) is 0 Å². The predicted molar refractivity (Wildman–Crippen MR) is 82.4 cm³/mol. The maximum Gasteiger partial charge on any atom is 0.0659 e. The Labute approximate surface area is 120 Å². The molecule has 19 heavy (non-hydrogen) atoms. The van der Waals surface area contributed by atoms with Gasteiger partial charge >= 0.3 is 0 Å². The monoisotopic (exact) mass is 279 g/mol. The summed E-state index contributed by atoms with van der Waals surface area (Å²) in [5.41, 5.74) is 2.22. The van der Waals surface area contributed by atoms with Crippen LogP contribution in [0.25, 0.3) is 0 Å². The molecule has 3 aliphatic rings. The fourth-order valence-corrected chi connectivity index (χ4v) is 3.65. The van der Waals surface area contributed by atoms with Crippen molar-refractivity contribution in [2.24, 2.45) is 5.92 Å². The van der Waals surface area contributed by atoms with Gasteiger partial charge in [0.2, 0.25) is 0 Å². The van der Waals surface area contributed by atoms with Crippen molar-refractivity contribution < 1.29 is 0 Å². The third kappa shape index (κ3) is 2.67. The highest BCUT2D eigenvalue weighted by Crippen LogP contribution is 2.32. The van der Waals surface area contributed by atoms with Crippen molar-refractivity contribution >= 4 is 23.0 Å². The molecule has 4 heteroatoms. The van der Waals surface area contributed by atoms with Crippen molar-refractivity contribution in [3.63, 3.8) is 0 Å². The molecule has 1 N–H and O–H groups in total. The third-order valence-corrected chi connectivity index (χ3v) is 4.74. The van der Waals surface area contributed by atoms with Crippen molar-refractivity contribution in [2.45, 2.75) is 18.9 Å². The fraction of sp³-hybridized carbons (Fsp3) is 0.600. The van der Waals surface area contributed by atoms with Crippen molar-refractivity contribution in [3.8, 4) is 0 Å². The highest BCUT2D eigenvalue weighted by molar-refractivity contribution is 6.33. The Morgan fingerprint density at radius 1 is 1.26 bits per heavy atom. The van der Waals surface area contributed by atoms with Crippen LogP contribution in [0.4, 0.5) is 11.4 Å². The van der Waals surface area contributed by atoms with Crippen LogP contribution < -0.4 is 10.2 Å². The smallest absolute Gasteiger partial charge is 0.0659 e. The maximum atomic E-state index is 6.33. The lowest BCUT2D eigenvalue weighted by molar-refractivity contribution is 0.0975. The molecule has 0 saturated carbocycles. The number of hydrogen-bond acceptors (Lipinski definition) is 3. The number of hydrogen-bond donors (Lipinski definition) is 1. The number of halogens is 1. The van der Waals surface area contributed by atoms with Crippen molar-refractivity contribution in [2.75, 3.05) is 43.9 Å². The molecule has 1 unspecified atom stereocenters. The molecule has 1 atom stereocenters. The SMILES string of the molecule is CN(C)c1ccc(NC2CN3CCC2CC3)cc1Cl. The highest BCUT2D eigenvalue weighted by atomic mass is 35.5. The summed E-state index contributed by atoms with van der Waals surface area (Å²) >= 11 is 6.33. The van der Waals surface area contributed by atoms with Gasteiger partial charge < -0.3 is 15.1 Å². The van der Waals surface area contributed by atoms with Gasteiger partial charge in [0.15, 0.2) is 0 Å². The molecular formula is C15H22ClN3. The largest absolute Gasteiger partial charge is 0.381 e. The molecule has 3 fully saturated rings. The number of benzene rings is 1. The topological polar surface area (TPSA) is 18.5 Å². The normalized spacial score (nSPS) is 29.3. The minimum absolute atomic E-state index is 0.587. The van der Waals surface area contributed by atoms with Crippen molar-refractivity contribution in [1.29, 1.82) is 0 Å². The average molecular weight is 280 g/mol. The van der Waals surface area contributed by atoms with Gasteiger partial charge in [-0.15, -0.1) is 0 Å². The predicted octanol–water partition coefficient (Wildman–Crippen LogP) is 2.91. The van der Waals surface area contributed by atoms with Crippen LogP contribution in [0, 0.1) is 5.92 Å². The fourth-order valence-electron chi connectivity index (χ4n) is 3.30. The molecule has 3 aliphatic heterocycles. The van der Waals surface area contributed by atoms with Crippen LogP contribution in [-0.2, 0) is 0 Å². The van der Waals surface area contributed by atoms with Crippen LogP contribution in [0.15, 0.2) is 18.2 Å². The Balaban J connectivity index is 1.72. The van der Waals surface area contributed by atoms with Gasteiger partial charge in [-0.1, -0.05) is 11.6 Å². The van der Waals surface area contributed by atoms with E-state index in [9.17, 15) is 0 Å². The molecular weight excluding hydrogens is 258 g/mol. The van der Waals surface area contributed by atoms with Gasteiger partial charge in [0, 0.05) is 32.4 Å². The highest BCUT2D eigenvalue weighted by Gasteiger charge is 2.33. The lowest BCUT2D eigenvalue weighted by Crippen LogP contribution is -2.53.